The molecule has 0 aliphatic rings. The molecular formula is C17H21N5. The summed E-state index contributed by atoms with van der Waals surface area (Å²) in [6, 6.07) is 12.6. The SMILES string of the molecule is Cc1ccc(C(C)(C)CNc2ccc3nnc(C)n3n2)cc1. The standard InChI is InChI=1S/C17H21N5/c1-12-5-7-14(8-6-12)17(3,4)11-18-15-9-10-16-20-19-13(2)22(16)21-15/h5-10H,11H2,1-4H3,(H,18,21). The van der Waals surface area contributed by atoms with Crippen molar-refractivity contribution in [1.82, 2.24) is 19.8 Å². The number of fused-ring (bicyclic) bond motifs is 1. The third kappa shape index (κ3) is 2.79. The number of rotatable bonds is 4. The molecule has 0 aliphatic carbocycles. The average Bonchev–Trinajstić information content (AvgIpc) is 2.87. The molecule has 5 nitrogen and oxygen atoms in total. The number of benzene rings is 1. The summed E-state index contributed by atoms with van der Waals surface area (Å²) in [7, 11) is 0. The highest BCUT2D eigenvalue weighted by Gasteiger charge is 2.20. The van der Waals surface area contributed by atoms with Crippen molar-refractivity contribution >= 4 is 11.5 Å². The molecule has 3 rings (SSSR count). The van der Waals surface area contributed by atoms with E-state index >= 15 is 0 Å². The summed E-state index contributed by atoms with van der Waals surface area (Å²) < 4.78 is 1.75. The van der Waals surface area contributed by atoms with E-state index in [1.165, 1.54) is 11.1 Å². The van der Waals surface area contributed by atoms with E-state index < -0.39 is 0 Å². The fourth-order valence-electron chi connectivity index (χ4n) is 2.41. The van der Waals surface area contributed by atoms with Crippen molar-refractivity contribution in [3.8, 4) is 0 Å². The van der Waals surface area contributed by atoms with Gasteiger partial charge in [-0.05, 0) is 31.5 Å². The fraction of sp³-hybridized carbons (Fsp3) is 0.353. The molecule has 5 heteroatoms. The van der Waals surface area contributed by atoms with Crippen molar-refractivity contribution in [2.75, 3.05) is 11.9 Å². The van der Waals surface area contributed by atoms with Crippen LogP contribution in [0.1, 0.15) is 30.8 Å². The van der Waals surface area contributed by atoms with Gasteiger partial charge >= 0.3 is 0 Å². The normalized spacial score (nSPS) is 11.8. The third-order valence-corrected chi connectivity index (χ3v) is 3.96. The van der Waals surface area contributed by atoms with Gasteiger partial charge in [0.05, 0.1) is 0 Å². The van der Waals surface area contributed by atoms with E-state index in [9.17, 15) is 0 Å². The number of nitrogens with one attached hydrogen (secondary N) is 1. The van der Waals surface area contributed by atoms with E-state index in [1.807, 2.05) is 19.1 Å². The van der Waals surface area contributed by atoms with Crippen molar-refractivity contribution in [3.63, 3.8) is 0 Å². The summed E-state index contributed by atoms with van der Waals surface area (Å²) in [4.78, 5) is 0. The summed E-state index contributed by atoms with van der Waals surface area (Å²) in [5, 5.41) is 16.0. The van der Waals surface area contributed by atoms with Crippen LogP contribution in [0.2, 0.25) is 0 Å². The van der Waals surface area contributed by atoms with Gasteiger partial charge in [0.15, 0.2) is 11.5 Å². The largest absolute Gasteiger partial charge is 0.368 e. The molecule has 0 amide bonds. The highest BCUT2D eigenvalue weighted by atomic mass is 15.4. The van der Waals surface area contributed by atoms with Crippen LogP contribution in [-0.2, 0) is 5.41 Å². The second-order valence-corrected chi connectivity index (χ2v) is 6.34. The molecule has 0 spiro atoms. The van der Waals surface area contributed by atoms with Gasteiger partial charge in [0.25, 0.3) is 0 Å². The first-order chi connectivity index (χ1) is 10.5. The van der Waals surface area contributed by atoms with Crippen LogP contribution in [0.5, 0.6) is 0 Å². The van der Waals surface area contributed by atoms with E-state index in [2.05, 4.69) is 65.6 Å². The molecule has 0 fully saturated rings. The first-order valence-electron chi connectivity index (χ1n) is 7.46. The lowest BCUT2D eigenvalue weighted by atomic mass is 9.84. The molecule has 0 radical (unpaired) electrons. The van der Waals surface area contributed by atoms with Gasteiger partial charge in [-0.25, -0.2) is 0 Å². The predicted octanol–water partition coefficient (Wildman–Crippen LogP) is 3.13. The summed E-state index contributed by atoms with van der Waals surface area (Å²) in [6.45, 7) is 9.26. The van der Waals surface area contributed by atoms with Crippen molar-refractivity contribution in [2.45, 2.75) is 33.1 Å². The maximum atomic E-state index is 4.53. The molecule has 0 saturated heterocycles. The summed E-state index contributed by atoms with van der Waals surface area (Å²) >= 11 is 0. The molecule has 0 unspecified atom stereocenters. The number of hydrogen-bond donors (Lipinski definition) is 1. The van der Waals surface area contributed by atoms with E-state index in [-0.39, 0.29) is 5.41 Å². The van der Waals surface area contributed by atoms with Gasteiger partial charge in [-0.3, -0.25) is 0 Å². The van der Waals surface area contributed by atoms with E-state index in [4.69, 9.17) is 0 Å². The topological polar surface area (TPSA) is 55.1 Å². The molecule has 3 aromatic rings. The van der Waals surface area contributed by atoms with Crippen molar-refractivity contribution < 1.29 is 0 Å². The van der Waals surface area contributed by atoms with Crippen LogP contribution >= 0.6 is 0 Å². The minimum absolute atomic E-state index is 0.0204. The molecule has 1 aromatic carbocycles. The highest BCUT2D eigenvalue weighted by Crippen LogP contribution is 2.24. The number of anilines is 1. The van der Waals surface area contributed by atoms with Gasteiger partial charge in [-0.1, -0.05) is 43.7 Å². The number of hydrogen-bond acceptors (Lipinski definition) is 4. The van der Waals surface area contributed by atoms with Crippen molar-refractivity contribution in [1.29, 1.82) is 0 Å². The maximum Gasteiger partial charge on any atom is 0.178 e. The van der Waals surface area contributed by atoms with Gasteiger partial charge in [0.1, 0.15) is 5.82 Å². The molecule has 0 aliphatic heterocycles. The van der Waals surface area contributed by atoms with Crippen LogP contribution in [0.3, 0.4) is 0 Å². The van der Waals surface area contributed by atoms with Crippen LogP contribution in [0.25, 0.3) is 5.65 Å². The molecule has 0 bridgehead atoms. The van der Waals surface area contributed by atoms with Crippen LogP contribution in [0, 0.1) is 13.8 Å². The van der Waals surface area contributed by atoms with Crippen LogP contribution in [0.4, 0.5) is 5.82 Å². The Hall–Kier alpha value is -2.43. The van der Waals surface area contributed by atoms with Gasteiger partial charge in [0.2, 0.25) is 0 Å². The minimum Gasteiger partial charge on any atom is -0.368 e. The Morgan fingerprint density at radius 2 is 1.73 bits per heavy atom. The van der Waals surface area contributed by atoms with Crippen LogP contribution < -0.4 is 5.32 Å². The molecular weight excluding hydrogens is 274 g/mol. The van der Waals surface area contributed by atoms with Crippen LogP contribution in [0.15, 0.2) is 36.4 Å². The molecule has 2 heterocycles. The Kier molecular flexibility index (Phi) is 3.56. The lowest BCUT2D eigenvalue weighted by Crippen LogP contribution is -2.28. The Morgan fingerprint density at radius 3 is 2.45 bits per heavy atom. The Labute approximate surface area is 130 Å². The van der Waals surface area contributed by atoms with Crippen LogP contribution in [-0.4, -0.2) is 26.4 Å². The summed E-state index contributed by atoms with van der Waals surface area (Å²) in [6.07, 6.45) is 0. The van der Waals surface area contributed by atoms with Crippen molar-refractivity contribution in [3.05, 3.63) is 53.3 Å². The van der Waals surface area contributed by atoms with E-state index in [0.717, 1.165) is 23.8 Å². The Bertz CT molecular complexity index is 786. The zero-order valence-corrected chi connectivity index (χ0v) is 13.5. The van der Waals surface area contributed by atoms with E-state index in [0.29, 0.717) is 0 Å². The maximum absolute atomic E-state index is 4.53. The summed E-state index contributed by atoms with van der Waals surface area (Å²) in [5.41, 5.74) is 3.38. The molecule has 22 heavy (non-hydrogen) atoms. The minimum atomic E-state index is 0.0204. The molecule has 2 aromatic heterocycles. The number of aromatic nitrogens is 4. The number of aryl methyl sites for hydroxylation is 2. The first kappa shape index (κ1) is 14.5. The molecule has 0 atom stereocenters. The quantitative estimate of drug-likeness (QED) is 0.803. The zero-order chi connectivity index (χ0) is 15.7. The zero-order valence-electron chi connectivity index (χ0n) is 13.5. The third-order valence-electron chi connectivity index (χ3n) is 3.96. The Morgan fingerprint density at radius 1 is 1.00 bits per heavy atom. The first-order valence-corrected chi connectivity index (χ1v) is 7.46. The van der Waals surface area contributed by atoms with Gasteiger partial charge < -0.3 is 5.32 Å². The van der Waals surface area contributed by atoms with E-state index in [1.54, 1.807) is 4.52 Å². The summed E-state index contributed by atoms with van der Waals surface area (Å²) in [5.74, 6) is 1.62. The van der Waals surface area contributed by atoms with Gasteiger partial charge in [0, 0.05) is 12.0 Å². The fourth-order valence-corrected chi connectivity index (χ4v) is 2.41. The highest BCUT2D eigenvalue weighted by molar-refractivity contribution is 5.44. The molecule has 1 N–H and O–H groups in total. The van der Waals surface area contributed by atoms with Crippen molar-refractivity contribution in [2.24, 2.45) is 0 Å². The smallest absolute Gasteiger partial charge is 0.178 e. The second kappa shape index (κ2) is 5.40. The number of nitrogens with zero attached hydrogens (tertiary/aromatic N) is 4. The second-order valence-electron chi connectivity index (χ2n) is 6.34. The Balaban J connectivity index is 1.77. The molecule has 114 valence electrons. The lowest BCUT2D eigenvalue weighted by Gasteiger charge is -2.26. The van der Waals surface area contributed by atoms with Gasteiger partial charge in [-0.2, -0.15) is 4.52 Å². The van der Waals surface area contributed by atoms with Gasteiger partial charge in [-0.15, -0.1) is 15.3 Å². The lowest BCUT2D eigenvalue weighted by molar-refractivity contribution is 0.555. The monoisotopic (exact) mass is 295 g/mol. The predicted molar refractivity (Wildman–Crippen MR) is 88.2 cm³/mol. The molecule has 0 saturated carbocycles. The average molecular weight is 295 g/mol.